The number of hydrogen-bond donors (Lipinski definition) is 0. The molecule has 0 aliphatic carbocycles. The van der Waals surface area contributed by atoms with Crippen molar-refractivity contribution in [2.75, 3.05) is 20.5 Å². The molecular formula is C20H20BrNO8. The summed E-state index contributed by atoms with van der Waals surface area (Å²) in [6.45, 7) is 2.49. The summed E-state index contributed by atoms with van der Waals surface area (Å²) >= 11 is 3.39. The van der Waals surface area contributed by atoms with Crippen molar-refractivity contribution in [3.8, 4) is 17.2 Å². The van der Waals surface area contributed by atoms with Crippen LogP contribution in [0.2, 0.25) is 0 Å². The minimum Gasteiger partial charge on any atom is -0.493 e. The predicted octanol–water partition coefficient (Wildman–Crippen LogP) is 4.38. The quantitative estimate of drug-likeness (QED) is 0.310. The lowest BCUT2D eigenvalue weighted by Gasteiger charge is -2.20. The van der Waals surface area contributed by atoms with E-state index in [0.717, 1.165) is 6.42 Å². The van der Waals surface area contributed by atoms with Gasteiger partial charge in [0.1, 0.15) is 12.4 Å². The van der Waals surface area contributed by atoms with Crippen LogP contribution in [-0.4, -0.2) is 31.4 Å². The Balaban J connectivity index is 1.81. The number of ether oxygens (including phenoxy) is 5. The highest BCUT2D eigenvalue weighted by molar-refractivity contribution is 9.10. The van der Waals surface area contributed by atoms with Crippen molar-refractivity contribution in [2.24, 2.45) is 0 Å². The van der Waals surface area contributed by atoms with Crippen LogP contribution in [0.1, 0.15) is 34.8 Å². The minimum atomic E-state index is -0.622. The van der Waals surface area contributed by atoms with Gasteiger partial charge >= 0.3 is 5.97 Å². The number of fused-ring (bicyclic) bond motifs is 1. The molecule has 1 aliphatic rings. The van der Waals surface area contributed by atoms with Crippen LogP contribution >= 0.6 is 15.9 Å². The lowest BCUT2D eigenvalue weighted by Crippen LogP contribution is -2.15. The second-order valence-corrected chi connectivity index (χ2v) is 7.23. The van der Waals surface area contributed by atoms with Gasteiger partial charge in [-0.15, -0.1) is 0 Å². The average molecular weight is 482 g/mol. The van der Waals surface area contributed by atoms with Gasteiger partial charge < -0.3 is 23.7 Å². The fourth-order valence-corrected chi connectivity index (χ4v) is 3.46. The lowest BCUT2D eigenvalue weighted by molar-refractivity contribution is -0.385. The number of hydrogen-bond acceptors (Lipinski definition) is 8. The van der Waals surface area contributed by atoms with Crippen LogP contribution in [0.4, 0.5) is 5.69 Å². The monoisotopic (exact) mass is 481 g/mol. The molecule has 160 valence electrons. The maximum absolute atomic E-state index is 12.6. The van der Waals surface area contributed by atoms with E-state index in [1.165, 1.54) is 25.3 Å². The molecule has 0 amide bonds. The largest absolute Gasteiger partial charge is 0.493 e. The van der Waals surface area contributed by atoms with Crippen LogP contribution in [-0.2, 0) is 22.7 Å². The molecule has 9 nitrogen and oxygen atoms in total. The molecule has 0 saturated carbocycles. The first-order valence-corrected chi connectivity index (χ1v) is 9.92. The summed E-state index contributed by atoms with van der Waals surface area (Å²) in [5.41, 5.74) is 1.04. The van der Waals surface area contributed by atoms with Crippen LogP contribution < -0.4 is 14.2 Å². The summed E-state index contributed by atoms with van der Waals surface area (Å²) in [5.74, 6) is 0.695. The van der Waals surface area contributed by atoms with E-state index in [1.807, 2.05) is 6.92 Å². The van der Waals surface area contributed by atoms with E-state index in [0.29, 0.717) is 39.5 Å². The highest BCUT2D eigenvalue weighted by Crippen LogP contribution is 2.37. The third kappa shape index (κ3) is 4.82. The number of carbonyl (C=O) groups is 1. The molecule has 0 saturated heterocycles. The van der Waals surface area contributed by atoms with Crippen molar-refractivity contribution in [1.82, 2.24) is 0 Å². The molecule has 10 heteroatoms. The number of rotatable bonds is 8. The summed E-state index contributed by atoms with van der Waals surface area (Å²) in [7, 11) is 1.48. The minimum absolute atomic E-state index is 0.0229. The second-order valence-electron chi connectivity index (χ2n) is 6.37. The van der Waals surface area contributed by atoms with E-state index in [-0.39, 0.29) is 31.3 Å². The Morgan fingerprint density at radius 3 is 2.80 bits per heavy atom. The van der Waals surface area contributed by atoms with Crippen molar-refractivity contribution < 1.29 is 33.4 Å². The van der Waals surface area contributed by atoms with Crippen molar-refractivity contribution in [3.63, 3.8) is 0 Å². The molecule has 0 aromatic heterocycles. The van der Waals surface area contributed by atoms with Crippen LogP contribution in [0.25, 0.3) is 0 Å². The number of esters is 1. The highest BCUT2D eigenvalue weighted by Gasteiger charge is 2.23. The molecule has 0 radical (unpaired) electrons. The third-order valence-electron chi connectivity index (χ3n) is 4.26. The summed E-state index contributed by atoms with van der Waals surface area (Å²) < 4.78 is 27.5. The van der Waals surface area contributed by atoms with Gasteiger partial charge in [-0.2, -0.15) is 0 Å². The van der Waals surface area contributed by atoms with Crippen molar-refractivity contribution in [2.45, 2.75) is 26.6 Å². The number of halogens is 1. The van der Waals surface area contributed by atoms with E-state index in [4.69, 9.17) is 23.7 Å². The summed E-state index contributed by atoms with van der Waals surface area (Å²) in [4.78, 5) is 23.3. The SMILES string of the molecule is CCCOc1c(Br)cc(C(=O)OCc2cc([N+](=O)[O-])cc3c2OCOC3)cc1OC. The average Bonchev–Trinajstić information content (AvgIpc) is 2.75. The Hall–Kier alpha value is -2.85. The zero-order chi connectivity index (χ0) is 21.7. The molecular weight excluding hydrogens is 462 g/mol. The second kappa shape index (κ2) is 9.77. The Morgan fingerprint density at radius 1 is 1.30 bits per heavy atom. The zero-order valence-corrected chi connectivity index (χ0v) is 18.0. The fourth-order valence-electron chi connectivity index (χ4n) is 2.90. The summed E-state index contributed by atoms with van der Waals surface area (Å²) in [5, 5.41) is 11.2. The fraction of sp³-hybridized carbons (Fsp3) is 0.350. The molecule has 2 aromatic carbocycles. The van der Waals surface area contributed by atoms with Crippen LogP contribution in [0.15, 0.2) is 28.7 Å². The molecule has 0 N–H and O–H groups in total. The van der Waals surface area contributed by atoms with E-state index in [2.05, 4.69) is 15.9 Å². The molecule has 2 aromatic rings. The van der Waals surface area contributed by atoms with Gasteiger partial charge in [0.2, 0.25) is 0 Å². The highest BCUT2D eigenvalue weighted by atomic mass is 79.9. The number of non-ortho nitro benzene ring substituents is 1. The van der Waals surface area contributed by atoms with E-state index >= 15 is 0 Å². The number of nitrogens with zero attached hydrogens (tertiary/aromatic N) is 1. The van der Waals surface area contributed by atoms with E-state index in [9.17, 15) is 14.9 Å². The first kappa shape index (κ1) is 21.8. The van der Waals surface area contributed by atoms with Gasteiger partial charge in [-0.1, -0.05) is 6.92 Å². The van der Waals surface area contributed by atoms with Crippen LogP contribution in [0, 0.1) is 10.1 Å². The van der Waals surface area contributed by atoms with Gasteiger partial charge in [0.15, 0.2) is 18.3 Å². The van der Waals surface area contributed by atoms with Gasteiger partial charge in [-0.25, -0.2) is 4.79 Å². The maximum atomic E-state index is 12.6. The Morgan fingerprint density at radius 2 is 2.10 bits per heavy atom. The Kier molecular flexibility index (Phi) is 7.11. The van der Waals surface area contributed by atoms with Crippen molar-refractivity contribution >= 4 is 27.6 Å². The lowest BCUT2D eigenvalue weighted by atomic mass is 10.1. The number of carbonyl (C=O) groups excluding carboxylic acids is 1. The van der Waals surface area contributed by atoms with Crippen molar-refractivity contribution in [1.29, 1.82) is 0 Å². The number of methoxy groups -OCH3 is 1. The molecule has 3 rings (SSSR count). The zero-order valence-electron chi connectivity index (χ0n) is 16.4. The molecule has 1 heterocycles. The maximum Gasteiger partial charge on any atom is 0.338 e. The molecule has 0 spiro atoms. The first-order valence-electron chi connectivity index (χ1n) is 9.12. The molecule has 1 aliphatic heterocycles. The smallest absolute Gasteiger partial charge is 0.338 e. The molecule has 0 bridgehead atoms. The van der Waals surface area contributed by atoms with Gasteiger partial charge in [0.25, 0.3) is 5.69 Å². The topological polar surface area (TPSA) is 106 Å². The number of nitro groups is 1. The predicted molar refractivity (Wildman–Crippen MR) is 109 cm³/mol. The standard InChI is InChI=1S/C20H20BrNO8/c1-3-4-28-19-16(21)7-12(8-17(19)26-2)20(23)29-10-14-6-15(22(24)25)5-13-9-27-11-30-18(13)14/h5-8H,3-4,9-11H2,1-2H3. The van der Waals surface area contributed by atoms with Gasteiger partial charge in [0.05, 0.1) is 35.3 Å². The van der Waals surface area contributed by atoms with E-state index < -0.39 is 10.9 Å². The Bertz CT molecular complexity index is 962. The summed E-state index contributed by atoms with van der Waals surface area (Å²) in [6.07, 6.45) is 0.819. The molecule has 30 heavy (non-hydrogen) atoms. The van der Waals surface area contributed by atoms with Gasteiger partial charge in [0, 0.05) is 23.3 Å². The summed E-state index contributed by atoms with van der Waals surface area (Å²) in [6, 6.07) is 5.81. The van der Waals surface area contributed by atoms with Crippen LogP contribution in [0.5, 0.6) is 17.2 Å². The third-order valence-corrected chi connectivity index (χ3v) is 4.85. The molecule has 0 unspecified atom stereocenters. The van der Waals surface area contributed by atoms with E-state index in [1.54, 1.807) is 6.07 Å². The van der Waals surface area contributed by atoms with Crippen molar-refractivity contribution in [3.05, 3.63) is 55.5 Å². The van der Waals surface area contributed by atoms with Gasteiger partial charge in [-0.3, -0.25) is 10.1 Å². The number of nitro benzene ring substituents is 1. The van der Waals surface area contributed by atoms with Crippen LogP contribution in [0.3, 0.4) is 0 Å². The number of benzene rings is 2. The first-order chi connectivity index (χ1) is 14.4. The Labute approximate surface area is 181 Å². The normalized spacial score (nSPS) is 12.5. The molecule has 0 fully saturated rings. The van der Waals surface area contributed by atoms with Gasteiger partial charge in [-0.05, 0) is 34.5 Å². The molecule has 0 atom stereocenters.